The Morgan fingerprint density at radius 3 is 2.28 bits per heavy atom. The standard InChI is InChI=1S/C23H23N3O3/c1-24-13-18-6-4-16(5-7-18)2-3-17-8-10-19(11-9-17)20(14-27)12-21-22(28)23(29)26-15-25-21/h4-11,15,20,24,27-28H,12-14H2,1H3,(H,25,26,29). The zero-order chi connectivity index (χ0) is 20.6. The number of benzene rings is 2. The number of aliphatic hydroxyl groups is 1. The Balaban J connectivity index is 1.72. The number of nitrogens with one attached hydrogen (secondary N) is 2. The molecular formula is C23H23N3O3. The Hall–Kier alpha value is -3.40. The number of nitrogens with zero attached hydrogens (tertiary/aromatic N) is 1. The highest BCUT2D eigenvalue weighted by atomic mass is 16.3. The van der Waals surface area contributed by atoms with Crippen molar-refractivity contribution in [2.24, 2.45) is 0 Å². The first-order valence-corrected chi connectivity index (χ1v) is 9.32. The van der Waals surface area contributed by atoms with Crippen LogP contribution in [0, 0.1) is 11.8 Å². The smallest absolute Gasteiger partial charge is 0.293 e. The summed E-state index contributed by atoms with van der Waals surface area (Å²) in [6.07, 6.45) is 1.51. The van der Waals surface area contributed by atoms with Crippen LogP contribution < -0.4 is 10.9 Å². The summed E-state index contributed by atoms with van der Waals surface area (Å²) in [5.41, 5.74) is 3.57. The molecule has 148 valence electrons. The molecular weight excluding hydrogens is 366 g/mol. The van der Waals surface area contributed by atoms with Crippen molar-refractivity contribution in [2.45, 2.75) is 18.9 Å². The highest BCUT2D eigenvalue weighted by Gasteiger charge is 2.16. The number of aliphatic hydroxyl groups excluding tert-OH is 1. The monoisotopic (exact) mass is 389 g/mol. The molecule has 6 heteroatoms. The molecule has 0 bridgehead atoms. The molecule has 0 radical (unpaired) electrons. The van der Waals surface area contributed by atoms with E-state index in [4.69, 9.17) is 0 Å². The predicted octanol–water partition coefficient (Wildman–Crippen LogP) is 1.91. The maximum atomic E-state index is 11.5. The third kappa shape index (κ3) is 5.32. The molecule has 4 N–H and O–H groups in total. The number of hydrogen-bond acceptors (Lipinski definition) is 5. The van der Waals surface area contributed by atoms with Crippen LogP contribution in [0.4, 0.5) is 0 Å². The van der Waals surface area contributed by atoms with Crippen molar-refractivity contribution >= 4 is 0 Å². The molecule has 1 atom stereocenters. The summed E-state index contributed by atoms with van der Waals surface area (Å²) in [7, 11) is 1.91. The predicted molar refractivity (Wildman–Crippen MR) is 112 cm³/mol. The molecule has 3 rings (SSSR count). The van der Waals surface area contributed by atoms with E-state index in [1.807, 2.05) is 55.6 Å². The van der Waals surface area contributed by atoms with Gasteiger partial charge in [0.25, 0.3) is 5.56 Å². The van der Waals surface area contributed by atoms with Crippen molar-refractivity contribution in [1.29, 1.82) is 0 Å². The molecule has 0 aliphatic rings. The summed E-state index contributed by atoms with van der Waals surface area (Å²) in [5.74, 6) is 5.59. The van der Waals surface area contributed by atoms with E-state index in [9.17, 15) is 15.0 Å². The first-order chi connectivity index (χ1) is 14.1. The van der Waals surface area contributed by atoms with E-state index in [0.29, 0.717) is 0 Å². The highest BCUT2D eigenvalue weighted by Crippen LogP contribution is 2.22. The average molecular weight is 389 g/mol. The topological polar surface area (TPSA) is 98.2 Å². The van der Waals surface area contributed by atoms with Crippen LogP contribution in [0.2, 0.25) is 0 Å². The molecule has 2 aromatic carbocycles. The minimum Gasteiger partial charge on any atom is -0.502 e. The molecule has 6 nitrogen and oxygen atoms in total. The Bertz CT molecular complexity index is 1060. The van der Waals surface area contributed by atoms with E-state index in [-0.39, 0.29) is 24.6 Å². The van der Waals surface area contributed by atoms with Gasteiger partial charge in [0.1, 0.15) is 0 Å². The van der Waals surface area contributed by atoms with Gasteiger partial charge in [-0.15, -0.1) is 0 Å². The van der Waals surface area contributed by atoms with Gasteiger partial charge in [-0.25, -0.2) is 4.98 Å². The van der Waals surface area contributed by atoms with Gasteiger partial charge in [-0.3, -0.25) is 4.79 Å². The normalized spacial score (nSPS) is 11.5. The van der Waals surface area contributed by atoms with E-state index in [2.05, 4.69) is 27.1 Å². The van der Waals surface area contributed by atoms with E-state index in [1.54, 1.807) is 0 Å². The Labute approximate surface area is 169 Å². The average Bonchev–Trinajstić information content (AvgIpc) is 2.75. The molecule has 0 aliphatic carbocycles. The first-order valence-electron chi connectivity index (χ1n) is 9.32. The van der Waals surface area contributed by atoms with Crippen LogP contribution in [0.1, 0.15) is 33.9 Å². The zero-order valence-electron chi connectivity index (χ0n) is 16.1. The Morgan fingerprint density at radius 1 is 1.07 bits per heavy atom. The van der Waals surface area contributed by atoms with E-state index in [1.165, 1.54) is 11.9 Å². The molecule has 0 fully saturated rings. The van der Waals surface area contributed by atoms with Crippen LogP contribution in [0.25, 0.3) is 0 Å². The van der Waals surface area contributed by atoms with E-state index >= 15 is 0 Å². The Morgan fingerprint density at radius 2 is 1.69 bits per heavy atom. The van der Waals surface area contributed by atoms with E-state index < -0.39 is 11.3 Å². The van der Waals surface area contributed by atoms with Crippen LogP contribution in [0.15, 0.2) is 59.7 Å². The molecule has 0 saturated carbocycles. The summed E-state index contributed by atoms with van der Waals surface area (Å²) in [6.45, 7) is 0.698. The van der Waals surface area contributed by atoms with E-state index in [0.717, 1.165) is 23.2 Å². The second-order valence-electron chi connectivity index (χ2n) is 6.71. The number of aromatic hydroxyl groups is 1. The van der Waals surface area contributed by atoms with Crippen molar-refractivity contribution in [3.8, 4) is 17.6 Å². The number of rotatable bonds is 6. The maximum absolute atomic E-state index is 11.5. The van der Waals surface area contributed by atoms with Crippen LogP contribution in [0.5, 0.6) is 5.75 Å². The van der Waals surface area contributed by atoms with Gasteiger partial charge in [-0.2, -0.15) is 0 Å². The fourth-order valence-electron chi connectivity index (χ4n) is 2.99. The summed E-state index contributed by atoms with van der Waals surface area (Å²) >= 11 is 0. The minimum absolute atomic E-state index is 0.127. The number of aromatic nitrogens is 2. The van der Waals surface area contributed by atoms with Gasteiger partial charge in [0, 0.05) is 30.0 Å². The lowest BCUT2D eigenvalue weighted by molar-refractivity contribution is 0.263. The lowest BCUT2D eigenvalue weighted by Gasteiger charge is -2.14. The van der Waals surface area contributed by atoms with Gasteiger partial charge in [0.15, 0.2) is 0 Å². The minimum atomic E-state index is -0.587. The molecule has 1 heterocycles. The van der Waals surface area contributed by atoms with Gasteiger partial charge >= 0.3 is 0 Å². The summed E-state index contributed by atoms with van der Waals surface area (Å²) in [5, 5.41) is 22.7. The SMILES string of the molecule is CNCc1ccc(C#Cc2ccc(C(CO)Cc3nc[nH]c(=O)c3O)cc2)cc1. The second-order valence-corrected chi connectivity index (χ2v) is 6.71. The Kier molecular flexibility index (Phi) is 6.80. The fourth-order valence-corrected chi connectivity index (χ4v) is 2.99. The molecule has 1 aromatic heterocycles. The summed E-state index contributed by atoms with van der Waals surface area (Å²) < 4.78 is 0. The van der Waals surface area contributed by atoms with Crippen LogP contribution in [-0.4, -0.2) is 33.8 Å². The summed E-state index contributed by atoms with van der Waals surface area (Å²) in [4.78, 5) is 17.8. The van der Waals surface area contributed by atoms with Gasteiger partial charge < -0.3 is 20.5 Å². The van der Waals surface area contributed by atoms with Crippen LogP contribution in [0.3, 0.4) is 0 Å². The molecule has 0 aliphatic heterocycles. The van der Waals surface area contributed by atoms with Gasteiger partial charge in [-0.1, -0.05) is 36.1 Å². The van der Waals surface area contributed by atoms with Crippen molar-refractivity contribution in [3.63, 3.8) is 0 Å². The molecule has 0 amide bonds. The molecule has 1 unspecified atom stereocenters. The van der Waals surface area contributed by atoms with Gasteiger partial charge in [-0.05, 0) is 42.4 Å². The van der Waals surface area contributed by atoms with Crippen LogP contribution in [-0.2, 0) is 13.0 Å². The molecule has 29 heavy (non-hydrogen) atoms. The van der Waals surface area contributed by atoms with Crippen molar-refractivity contribution in [1.82, 2.24) is 15.3 Å². The fraction of sp³-hybridized carbons (Fsp3) is 0.217. The zero-order valence-corrected chi connectivity index (χ0v) is 16.1. The van der Waals surface area contributed by atoms with Crippen LogP contribution >= 0.6 is 0 Å². The lowest BCUT2D eigenvalue weighted by Crippen LogP contribution is -2.14. The molecule has 0 spiro atoms. The molecule has 3 aromatic rings. The maximum Gasteiger partial charge on any atom is 0.293 e. The van der Waals surface area contributed by atoms with Crippen molar-refractivity contribution in [2.75, 3.05) is 13.7 Å². The third-order valence-electron chi connectivity index (χ3n) is 4.63. The van der Waals surface area contributed by atoms with Gasteiger partial charge in [0.2, 0.25) is 5.75 Å². The first kappa shape index (κ1) is 20.3. The lowest BCUT2D eigenvalue weighted by atomic mass is 9.94. The second kappa shape index (κ2) is 9.69. The highest BCUT2D eigenvalue weighted by molar-refractivity contribution is 5.44. The number of H-pyrrole nitrogens is 1. The number of hydrogen-bond donors (Lipinski definition) is 4. The van der Waals surface area contributed by atoms with Gasteiger partial charge in [0.05, 0.1) is 18.6 Å². The summed E-state index contributed by atoms with van der Waals surface area (Å²) in [6, 6.07) is 15.7. The quantitative estimate of drug-likeness (QED) is 0.483. The van der Waals surface area contributed by atoms with Crippen molar-refractivity contribution < 1.29 is 10.2 Å². The molecule has 0 saturated heterocycles. The number of aromatic amines is 1. The van der Waals surface area contributed by atoms with Crippen molar-refractivity contribution in [3.05, 3.63) is 93.2 Å². The third-order valence-corrected chi connectivity index (χ3v) is 4.63. The largest absolute Gasteiger partial charge is 0.502 e.